The molecule has 1 aromatic heterocycles. The SMILES string of the molecule is CCCCCCc1ccoc1C(C)(C)C. The summed E-state index contributed by atoms with van der Waals surface area (Å²) < 4.78 is 5.59. The minimum absolute atomic E-state index is 0.142. The fraction of sp³-hybridized carbons (Fsp3) is 0.714. The first-order valence-corrected chi connectivity index (χ1v) is 6.12. The summed E-state index contributed by atoms with van der Waals surface area (Å²) in [7, 11) is 0. The van der Waals surface area contributed by atoms with Crippen molar-refractivity contribution in [2.24, 2.45) is 0 Å². The lowest BCUT2D eigenvalue weighted by atomic mass is 9.89. The zero-order valence-corrected chi connectivity index (χ0v) is 10.6. The topological polar surface area (TPSA) is 13.1 Å². The van der Waals surface area contributed by atoms with E-state index in [0.717, 1.165) is 0 Å². The van der Waals surface area contributed by atoms with Crippen LogP contribution < -0.4 is 0 Å². The standard InChI is InChI=1S/C14H24O/c1-5-6-7-8-9-12-10-11-15-13(12)14(2,3)4/h10-11H,5-9H2,1-4H3. The Morgan fingerprint density at radius 3 is 2.47 bits per heavy atom. The van der Waals surface area contributed by atoms with Crippen LogP contribution >= 0.6 is 0 Å². The zero-order chi connectivity index (χ0) is 11.3. The maximum absolute atomic E-state index is 5.59. The molecular weight excluding hydrogens is 184 g/mol. The van der Waals surface area contributed by atoms with E-state index >= 15 is 0 Å². The third-order valence-electron chi connectivity index (χ3n) is 2.73. The number of unbranched alkanes of at least 4 members (excludes halogenated alkanes) is 3. The fourth-order valence-electron chi connectivity index (χ4n) is 1.93. The summed E-state index contributed by atoms with van der Waals surface area (Å²) in [6.45, 7) is 8.88. The highest BCUT2D eigenvalue weighted by molar-refractivity contribution is 5.23. The Morgan fingerprint density at radius 2 is 1.87 bits per heavy atom. The molecule has 86 valence electrons. The molecule has 0 bridgehead atoms. The van der Waals surface area contributed by atoms with Crippen molar-refractivity contribution < 1.29 is 4.42 Å². The summed E-state index contributed by atoms with van der Waals surface area (Å²) in [5, 5.41) is 0. The first-order chi connectivity index (χ1) is 7.05. The van der Waals surface area contributed by atoms with Gasteiger partial charge in [0.05, 0.1) is 6.26 Å². The van der Waals surface area contributed by atoms with E-state index in [1.54, 1.807) is 0 Å². The van der Waals surface area contributed by atoms with Crippen LogP contribution in [0, 0.1) is 0 Å². The van der Waals surface area contributed by atoms with Gasteiger partial charge in [-0.05, 0) is 24.5 Å². The molecule has 0 atom stereocenters. The molecule has 0 aliphatic carbocycles. The van der Waals surface area contributed by atoms with Gasteiger partial charge in [-0.1, -0.05) is 47.0 Å². The van der Waals surface area contributed by atoms with Crippen molar-refractivity contribution in [3.05, 3.63) is 23.7 Å². The quantitative estimate of drug-likeness (QED) is 0.639. The summed E-state index contributed by atoms with van der Waals surface area (Å²) in [4.78, 5) is 0. The van der Waals surface area contributed by atoms with E-state index in [2.05, 4.69) is 33.8 Å². The van der Waals surface area contributed by atoms with E-state index < -0.39 is 0 Å². The van der Waals surface area contributed by atoms with E-state index in [4.69, 9.17) is 4.42 Å². The summed E-state index contributed by atoms with van der Waals surface area (Å²) in [6.07, 6.45) is 8.28. The van der Waals surface area contributed by atoms with E-state index in [1.807, 2.05) is 6.26 Å². The zero-order valence-electron chi connectivity index (χ0n) is 10.6. The van der Waals surface area contributed by atoms with Crippen LogP contribution in [0.2, 0.25) is 0 Å². The van der Waals surface area contributed by atoms with Gasteiger partial charge >= 0.3 is 0 Å². The molecule has 1 heterocycles. The van der Waals surface area contributed by atoms with Gasteiger partial charge in [-0.3, -0.25) is 0 Å². The molecule has 0 saturated carbocycles. The fourth-order valence-corrected chi connectivity index (χ4v) is 1.93. The van der Waals surface area contributed by atoms with Crippen molar-refractivity contribution in [3.8, 4) is 0 Å². The Hall–Kier alpha value is -0.720. The highest BCUT2D eigenvalue weighted by atomic mass is 16.3. The Balaban J connectivity index is 2.51. The predicted octanol–water partition coefficient (Wildman–Crippen LogP) is 4.70. The van der Waals surface area contributed by atoms with Crippen molar-refractivity contribution >= 4 is 0 Å². The van der Waals surface area contributed by atoms with Gasteiger partial charge in [0.25, 0.3) is 0 Å². The Kier molecular flexibility index (Phi) is 4.44. The van der Waals surface area contributed by atoms with Crippen molar-refractivity contribution in [3.63, 3.8) is 0 Å². The van der Waals surface area contributed by atoms with Crippen LogP contribution in [-0.4, -0.2) is 0 Å². The van der Waals surface area contributed by atoms with E-state index in [-0.39, 0.29) is 5.41 Å². The van der Waals surface area contributed by atoms with Crippen LogP contribution in [0.3, 0.4) is 0 Å². The second-order valence-corrected chi connectivity index (χ2v) is 5.34. The minimum atomic E-state index is 0.142. The van der Waals surface area contributed by atoms with Crippen LogP contribution in [0.25, 0.3) is 0 Å². The maximum atomic E-state index is 5.59. The number of furan rings is 1. The molecule has 0 amide bonds. The van der Waals surface area contributed by atoms with Crippen LogP contribution in [0.4, 0.5) is 0 Å². The van der Waals surface area contributed by atoms with Crippen molar-refractivity contribution in [1.82, 2.24) is 0 Å². The molecule has 0 radical (unpaired) electrons. The normalized spacial score (nSPS) is 12.0. The molecule has 1 nitrogen and oxygen atoms in total. The summed E-state index contributed by atoms with van der Waals surface area (Å²) >= 11 is 0. The number of aryl methyl sites for hydroxylation is 1. The monoisotopic (exact) mass is 208 g/mol. The van der Waals surface area contributed by atoms with Gasteiger partial charge in [-0.2, -0.15) is 0 Å². The smallest absolute Gasteiger partial charge is 0.112 e. The highest BCUT2D eigenvalue weighted by Crippen LogP contribution is 2.27. The van der Waals surface area contributed by atoms with E-state index in [1.165, 1.54) is 43.4 Å². The molecule has 1 aromatic rings. The molecular formula is C14H24O. The van der Waals surface area contributed by atoms with Gasteiger partial charge in [0.1, 0.15) is 5.76 Å². The minimum Gasteiger partial charge on any atom is -0.469 e. The van der Waals surface area contributed by atoms with Gasteiger partial charge in [-0.15, -0.1) is 0 Å². The number of hydrogen-bond donors (Lipinski definition) is 0. The summed E-state index contributed by atoms with van der Waals surface area (Å²) in [6, 6.07) is 2.13. The molecule has 1 rings (SSSR count). The van der Waals surface area contributed by atoms with Gasteiger partial charge in [-0.25, -0.2) is 0 Å². The first kappa shape index (κ1) is 12.4. The maximum Gasteiger partial charge on any atom is 0.112 e. The average Bonchev–Trinajstić information content (AvgIpc) is 2.59. The Morgan fingerprint density at radius 1 is 1.13 bits per heavy atom. The first-order valence-electron chi connectivity index (χ1n) is 6.12. The molecule has 0 fully saturated rings. The second kappa shape index (κ2) is 5.39. The molecule has 15 heavy (non-hydrogen) atoms. The van der Waals surface area contributed by atoms with Crippen LogP contribution in [-0.2, 0) is 11.8 Å². The molecule has 0 aromatic carbocycles. The summed E-state index contributed by atoms with van der Waals surface area (Å²) in [5.41, 5.74) is 1.54. The Bertz CT molecular complexity index is 278. The van der Waals surface area contributed by atoms with Crippen molar-refractivity contribution in [2.45, 2.75) is 65.2 Å². The van der Waals surface area contributed by atoms with Crippen LogP contribution in [0.15, 0.2) is 16.7 Å². The largest absolute Gasteiger partial charge is 0.469 e. The predicted molar refractivity (Wildman–Crippen MR) is 65.3 cm³/mol. The number of hydrogen-bond acceptors (Lipinski definition) is 1. The molecule has 1 heteroatoms. The Labute approximate surface area is 93.9 Å². The molecule has 0 saturated heterocycles. The molecule has 0 aliphatic heterocycles. The van der Waals surface area contributed by atoms with Gasteiger partial charge in [0.15, 0.2) is 0 Å². The van der Waals surface area contributed by atoms with Crippen LogP contribution in [0.1, 0.15) is 64.7 Å². The third kappa shape index (κ3) is 3.73. The van der Waals surface area contributed by atoms with E-state index in [0.29, 0.717) is 0 Å². The lowest BCUT2D eigenvalue weighted by Gasteiger charge is -2.17. The van der Waals surface area contributed by atoms with Crippen molar-refractivity contribution in [2.75, 3.05) is 0 Å². The summed E-state index contributed by atoms with van der Waals surface area (Å²) in [5.74, 6) is 1.17. The van der Waals surface area contributed by atoms with Gasteiger partial charge in [0.2, 0.25) is 0 Å². The molecule has 0 N–H and O–H groups in total. The third-order valence-corrected chi connectivity index (χ3v) is 2.73. The molecule has 0 aliphatic rings. The lowest BCUT2D eigenvalue weighted by molar-refractivity contribution is 0.403. The van der Waals surface area contributed by atoms with Crippen LogP contribution in [0.5, 0.6) is 0 Å². The van der Waals surface area contributed by atoms with E-state index in [9.17, 15) is 0 Å². The lowest BCUT2D eigenvalue weighted by Crippen LogP contribution is -2.12. The van der Waals surface area contributed by atoms with Crippen molar-refractivity contribution in [1.29, 1.82) is 0 Å². The second-order valence-electron chi connectivity index (χ2n) is 5.34. The van der Waals surface area contributed by atoms with Gasteiger partial charge < -0.3 is 4.42 Å². The molecule has 0 unspecified atom stereocenters. The molecule has 0 spiro atoms. The number of rotatable bonds is 5. The average molecular weight is 208 g/mol. The van der Waals surface area contributed by atoms with Gasteiger partial charge in [0, 0.05) is 5.41 Å². The highest BCUT2D eigenvalue weighted by Gasteiger charge is 2.20.